The van der Waals surface area contributed by atoms with Gasteiger partial charge < -0.3 is 10.1 Å². The first kappa shape index (κ1) is 15.9. The number of hydrogen-bond acceptors (Lipinski definition) is 2. The second kappa shape index (κ2) is 8.73. The van der Waals surface area contributed by atoms with Crippen LogP contribution in [-0.4, -0.2) is 13.2 Å². The van der Waals surface area contributed by atoms with Gasteiger partial charge in [0.05, 0.1) is 0 Å². The predicted octanol–water partition coefficient (Wildman–Crippen LogP) is 5.28. The van der Waals surface area contributed by atoms with Gasteiger partial charge >= 0.3 is 0 Å². The highest BCUT2D eigenvalue weighted by Crippen LogP contribution is 2.15. The van der Waals surface area contributed by atoms with Crippen molar-refractivity contribution in [2.24, 2.45) is 0 Å². The van der Waals surface area contributed by atoms with Crippen LogP contribution in [0.3, 0.4) is 0 Å². The smallest absolute Gasteiger partial charge is 0.119 e. The van der Waals surface area contributed by atoms with Gasteiger partial charge in [0.2, 0.25) is 0 Å². The van der Waals surface area contributed by atoms with E-state index in [0.717, 1.165) is 28.9 Å². The molecule has 0 heterocycles. The molecule has 0 radical (unpaired) electrons. The summed E-state index contributed by atoms with van der Waals surface area (Å²) in [7, 11) is 0. The first-order valence-corrected chi connectivity index (χ1v) is 8.28. The van der Waals surface area contributed by atoms with Crippen LogP contribution < -0.4 is 10.1 Å². The SMILES string of the molecule is CCCCc1ccc(OCCNc2ccc(Br)cc2)cc1. The zero-order valence-electron chi connectivity index (χ0n) is 12.4. The maximum atomic E-state index is 5.74. The van der Waals surface area contributed by atoms with E-state index < -0.39 is 0 Å². The Morgan fingerprint density at radius 2 is 1.71 bits per heavy atom. The summed E-state index contributed by atoms with van der Waals surface area (Å²) in [6.07, 6.45) is 3.64. The Bertz CT molecular complexity index is 522. The van der Waals surface area contributed by atoms with Crippen LogP contribution in [0.15, 0.2) is 53.0 Å². The quantitative estimate of drug-likeness (QED) is 0.655. The third kappa shape index (κ3) is 5.80. The lowest BCUT2D eigenvalue weighted by Crippen LogP contribution is -2.11. The predicted molar refractivity (Wildman–Crippen MR) is 93.2 cm³/mol. The van der Waals surface area contributed by atoms with Gasteiger partial charge in [-0.15, -0.1) is 0 Å². The maximum Gasteiger partial charge on any atom is 0.119 e. The minimum absolute atomic E-state index is 0.657. The molecule has 3 heteroatoms. The summed E-state index contributed by atoms with van der Waals surface area (Å²) in [6, 6.07) is 16.6. The fraction of sp³-hybridized carbons (Fsp3) is 0.333. The largest absolute Gasteiger partial charge is 0.492 e. The Morgan fingerprint density at radius 1 is 1.00 bits per heavy atom. The van der Waals surface area contributed by atoms with Crippen LogP contribution in [0.2, 0.25) is 0 Å². The van der Waals surface area contributed by atoms with E-state index in [1.807, 2.05) is 24.3 Å². The van der Waals surface area contributed by atoms with Crippen molar-refractivity contribution in [2.45, 2.75) is 26.2 Å². The number of halogens is 1. The van der Waals surface area contributed by atoms with Gasteiger partial charge in [0, 0.05) is 16.7 Å². The molecule has 0 aliphatic rings. The molecule has 1 N–H and O–H groups in total. The number of benzene rings is 2. The average Bonchev–Trinajstić information content (AvgIpc) is 2.52. The summed E-state index contributed by atoms with van der Waals surface area (Å²) in [5.74, 6) is 0.938. The number of rotatable bonds is 8. The molecule has 2 aromatic rings. The molecule has 2 nitrogen and oxygen atoms in total. The van der Waals surface area contributed by atoms with Crippen molar-refractivity contribution in [3.63, 3.8) is 0 Å². The summed E-state index contributed by atoms with van der Waals surface area (Å²) < 4.78 is 6.83. The summed E-state index contributed by atoms with van der Waals surface area (Å²) in [5, 5.41) is 3.34. The third-order valence-corrected chi connectivity index (χ3v) is 3.82. The third-order valence-electron chi connectivity index (χ3n) is 3.29. The summed E-state index contributed by atoms with van der Waals surface area (Å²) in [5.41, 5.74) is 2.49. The van der Waals surface area contributed by atoms with Crippen LogP contribution in [0.4, 0.5) is 5.69 Å². The molecule has 21 heavy (non-hydrogen) atoms. The van der Waals surface area contributed by atoms with Crippen molar-refractivity contribution >= 4 is 21.6 Å². The lowest BCUT2D eigenvalue weighted by Gasteiger charge is -2.09. The molecule has 0 aromatic heterocycles. The number of hydrogen-bond donors (Lipinski definition) is 1. The van der Waals surface area contributed by atoms with E-state index in [-0.39, 0.29) is 0 Å². The summed E-state index contributed by atoms with van der Waals surface area (Å²) >= 11 is 3.43. The minimum Gasteiger partial charge on any atom is -0.492 e. The summed E-state index contributed by atoms with van der Waals surface area (Å²) in [4.78, 5) is 0. The van der Waals surface area contributed by atoms with Crippen molar-refractivity contribution in [3.05, 3.63) is 58.6 Å². The van der Waals surface area contributed by atoms with Crippen molar-refractivity contribution < 1.29 is 4.74 Å². The first-order valence-electron chi connectivity index (χ1n) is 7.49. The molecule has 2 aromatic carbocycles. The van der Waals surface area contributed by atoms with Gasteiger partial charge in [-0.3, -0.25) is 0 Å². The number of nitrogens with one attached hydrogen (secondary N) is 1. The molecule has 0 atom stereocenters. The average molecular weight is 348 g/mol. The lowest BCUT2D eigenvalue weighted by molar-refractivity contribution is 0.333. The standard InChI is InChI=1S/C18H22BrNO/c1-2-3-4-15-5-11-18(12-6-15)21-14-13-20-17-9-7-16(19)8-10-17/h5-12,20H,2-4,13-14H2,1H3. The molecule has 112 valence electrons. The second-order valence-corrected chi connectivity index (χ2v) is 5.95. The summed E-state index contributed by atoms with van der Waals surface area (Å²) in [6.45, 7) is 3.67. The first-order chi connectivity index (χ1) is 10.3. The van der Waals surface area contributed by atoms with Crippen molar-refractivity contribution in [2.75, 3.05) is 18.5 Å². The zero-order chi connectivity index (χ0) is 14.9. The zero-order valence-corrected chi connectivity index (χ0v) is 14.0. The highest BCUT2D eigenvalue weighted by Gasteiger charge is 1.96. The topological polar surface area (TPSA) is 21.3 Å². The van der Waals surface area contributed by atoms with Crippen molar-refractivity contribution in [1.82, 2.24) is 0 Å². The van der Waals surface area contributed by atoms with Crippen LogP contribution in [-0.2, 0) is 6.42 Å². The number of ether oxygens (including phenoxy) is 1. The maximum absolute atomic E-state index is 5.74. The van der Waals surface area contributed by atoms with Gasteiger partial charge in [-0.2, -0.15) is 0 Å². The molecular weight excluding hydrogens is 326 g/mol. The van der Waals surface area contributed by atoms with Gasteiger partial charge in [0.15, 0.2) is 0 Å². The molecule has 2 rings (SSSR count). The highest BCUT2D eigenvalue weighted by molar-refractivity contribution is 9.10. The van der Waals surface area contributed by atoms with E-state index >= 15 is 0 Å². The number of anilines is 1. The molecule has 0 aliphatic carbocycles. The molecule has 0 bridgehead atoms. The highest BCUT2D eigenvalue weighted by atomic mass is 79.9. The Balaban J connectivity index is 1.69. The molecular formula is C18H22BrNO. The van der Waals surface area contributed by atoms with Crippen molar-refractivity contribution in [3.8, 4) is 5.75 Å². The Kier molecular flexibility index (Phi) is 6.61. The van der Waals surface area contributed by atoms with Gasteiger partial charge in [0.1, 0.15) is 12.4 Å². The fourth-order valence-corrected chi connectivity index (χ4v) is 2.33. The Hall–Kier alpha value is -1.48. The van der Waals surface area contributed by atoms with E-state index in [9.17, 15) is 0 Å². The molecule has 0 amide bonds. The van der Waals surface area contributed by atoms with Gasteiger partial charge in [0.25, 0.3) is 0 Å². The van der Waals surface area contributed by atoms with Gasteiger partial charge in [-0.1, -0.05) is 41.4 Å². The van der Waals surface area contributed by atoms with Crippen molar-refractivity contribution in [1.29, 1.82) is 0 Å². The lowest BCUT2D eigenvalue weighted by atomic mass is 10.1. The molecule has 0 unspecified atom stereocenters. The molecule has 0 saturated carbocycles. The van der Waals surface area contributed by atoms with E-state index in [4.69, 9.17) is 4.74 Å². The molecule has 0 spiro atoms. The van der Waals surface area contributed by atoms with Crippen LogP contribution in [0.1, 0.15) is 25.3 Å². The number of aryl methyl sites for hydroxylation is 1. The van der Waals surface area contributed by atoms with Crippen LogP contribution in [0, 0.1) is 0 Å². The van der Waals surface area contributed by atoms with E-state index in [2.05, 4.69) is 52.4 Å². The fourth-order valence-electron chi connectivity index (χ4n) is 2.07. The Labute approximate surface area is 135 Å². The second-order valence-electron chi connectivity index (χ2n) is 5.03. The van der Waals surface area contributed by atoms with Crippen LogP contribution in [0.5, 0.6) is 5.75 Å². The monoisotopic (exact) mass is 347 g/mol. The van der Waals surface area contributed by atoms with Crippen LogP contribution in [0.25, 0.3) is 0 Å². The van der Waals surface area contributed by atoms with Crippen LogP contribution >= 0.6 is 15.9 Å². The number of unbranched alkanes of at least 4 members (excludes halogenated alkanes) is 1. The molecule has 0 fully saturated rings. The normalized spacial score (nSPS) is 10.4. The minimum atomic E-state index is 0.657. The van der Waals surface area contributed by atoms with E-state index in [1.165, 1.54) is 18.4 Å². The molecule has 0 aliphatic heterocycles. The van der Waals surface area contributed by atoms with E-state index in [0.29, 0.717) is 6.61 Å². The molecule has 0 saturated heterocycles. The van der Waals surface area contributed by atoms with Gasteiger partial charge in [-0.25, -0.2) is 0 Å². The van der Waals surface area contributed by atoms with Gasteiger partial charge in [-0.05, 0) is 54.8 Å². The Morgan fingerprint density at radius 3 is 2.38 bits per heavy atom. The van der Waals surface area contributed by atoms with E-state index in [1.54, 1.807) is 0 Å².